The second-order valence-corrected chi connectivity index (χ2v) is 5.91. The first-order valence-corrected chi connectivity index (χ1v) is 7.77. The van der Waals surface area contributed by atoms with Gasteiger partial charge in [-0.05, 0) is 43.7 Å². The van der Waals surface area contributed by atoms with Gasteiger partial charge in [0.2, 0.25) is 0 Å². The van der Waals surface area contributed by atoms with E-state index in [9.17, 15) is 19.5 Å². The summed E-state index contributed by atoms with van der Waals surface area (Å²) in [7, 11) is 0. The number of carboxylic acids is 1. The molecular formula is C19H20N2O4. The van der Waals surface area contributed by atoms with Crippen molar-refractivity contribution in [2.75, 3.05) is 5.73 Å². The molecule has 2 aromatic rings. The van der Waals surface area contributed by atoms with E-state index in [1.54, 1.807) is 42.5 Å². The SMILES string of the molecule is CC(=O)c1ccc(CC(NC(=O)c2ccc(C)cc2)C(=O)O)cc1N. The standard InChI is InChI=1S/C19H20N2O4/c1-11-3-6-14(7-4-11)18(23)21-17(19(24)25)10-13-5-8-15(12(2)22)16(20)9-13/h3-9,17H,10,20H2,1-2H3,(H,21,23)(H,24,25). The summed E-state index contributed by atoms with van der Waals surface area (Å²) in [5.74, 6) is -1.76. The molecule has 1 amide bonds. The van der Waals surface area contributed by atoms with E-state index in [2.05, 4.69) is 5.32 Å². The molecule has 0 aliphatic rings. The van der Waals surface area contributed by atoms with Crippen LogP contribution in [0.5, 0.6) is 0 Å². The molecule has 0 heterocycles. The molecule has 2 rings (SSSR count). The van der Waals surface area contributed by atoms with Crippen LogP contribution in [0.4, 0.5) is 5.69 Å². The Balaban J connectivity index is 2.14. The molecule has 0 bridgehead atoms. The Morgan fingerprint density at radius 3 is 2.28 bits per heavy atom. The number of carbonyl (C=O) groups excluding carboxylic acids is 2. The lowest BCUT2D eigenvalue weighted by atomic mass is 10.0. The summed E-state index contributed by atoms with van der Waals surface area (Å²) in [6, 6.07) is 10.5. The molecule has 130 valence electrons. The third-order valence-electron chi connectivity index (χ3n) is 3.85. The lowest BCUT2D eigenvalue weighted by Crippen LogP contribution is -2.42. The molecule has 6 heteroatoms. The summed E-state index contributed by atoms with van der Waals surface area (Å²) >= 11 is 0. The molecule has 0 aliphatic heterocycles. The van der Waals surface area contributed by atoms with Crippen molar-refractivity contribution in [2.45, 2.75) is 26.3 Å². The second kappa shape index (κ2) is 7.61. The summed E-state index contributed by atoms with van der Waals surface area (Å²) in [6.45, 7) is 3.31. The minimum atomic E-state index is -1.14. The van der Waals surface area contributed by atoms with E-state index in [0.717, 1.165) is 5.56 Å². The van der Waals surface area contributed by atoms with Gasteiger partial charge in [-0.15, -0.1) is 0 Å². The third kappa shape index (κ3) is 4.67. The van der Waals surface area contributed by atoms with Crippen molar-refractivity contribution in [1.29, 1.82) is 0 Å². The number of rotatable bonds is 6. The van der Waals surface area contributed by atoms with Gasteiger partial charge < -0.3 is 16.2 Å². The number of aryl methyl sites for hydroxylation is 1. The zero-order valence-electron chi connectivity index (χ0n) is 14.1. The van der Waals surface area contributed by atoms with Gasteiger partial charge in [0, 0.05) is 23.2 Å². The monoisotopic (exact) mass is 340 g/mol. The predicted molar refractivity (Wildman–Crippen MR) is 94.6 cm³/mol. The van der Waals surface area contributed by atoms with Gasteiger partial charge in [-0.25, -0.2) is 4.79 Å². The molecule has 25 heavy (non-hydrogen) atoms. The van der Waals surface area contributed by atoms with Crippen LogP contribution in [0.3, 0.4) is 0 Å². The number of anilines is 1. The van der Waals surface area contributed by atoms with E-state index in [1.807, 2.05) is 6.92 Å². The smallest absolute Gasteiger partial charge is 0.326 e. The van der Waals surface area contributed by atoms with Crippen molar-refractivity contribution in [1.82, 2.24) is 5.32 Å². The van der Waals surface area contributed by atoms with Crippen molar-refractivity contribution >= 4 is 23.3 Å². The average Bonchev–Trinajstić information content (AvgIpc) is 2.54. The van der Waals surface area contributed by atoms with E-state index in [1.165, 1.54) is 6.92 Å². The highest BCUT2D eigenvalue weighted by Crippen LogP contribution is 2.16. The van der Waals surface area contributed by atoms with Crippen LogP contribution < -0.4 is 11.1 Å². The van der Waals surface area contributed by atoms with Gasteiger partial charge in [-0.3, -0.25) is 9.59 Å². The Labute approximate surface area is 145 Å². The predicted octanol–water partition coefficient (Wildman–Crippen LogP) is 2.21. The highest BCUT2D eigenvalue weighted by Gasteiger charge is 2.21. The van der Waals surface area contributed by atoms with E-state index in [4.69, 9.17) is 5.73 Å². The van der Waals surface area contributed by atoms with Crippen LogP contribution >= 0.6 is 0 Å². The second-order valence-electron chi connectivity index (χ2n) is 5.91. The Bertz CT molecular complexity index is 813. The number of carboxylic acid groups (broad SMARTS) is 1. The minimum absolute atomic E-state index is 0.0648. The summed E-state index contributed by atoms with van der Waals surface area (Å²) < 4.78 is 0. The number of aliphatic carboxylic acids is 1. The molecule has 0 saturated heterocycles. The lowest BCUT2D eigenvalue weighted by molar-refractivity contribution is -0.139. The molecule has 2 aromatic carbocycles. The van der Waals surface area contributed by atoms with E-state index < -0.39 is 17.9 Å². The number of Topliss-reactive ketones (excluding diaryl/α,β-unsaturated/α-hetero) is 1. The highest BCUT2D eigenvalue weighted by molar-refractivity contribution is 5.99. The first-order valence-electron chi connectivity index (χ1n) is 7.77. The molecule has 4 N–H and O–H groups in total. The number of hydrogen-bond acceptors (Lipinski definition) is 4. The quantitative estimate of drug-likeness (QED) is 0.552. The van der Waals surface area contributed by atoms with Gasteiger partial charge in [0.05, 0.1) is 0 Å². The van der Waals surface area contributed by atoms with E-state index in [-0.39, 0.29) is 12.2 Å². The van der Waals surface area contributed by atoms with Crippen molar-refractivity contribution in [3.63, 3.8) is 0 Å². The summed E-state index contributed by atoms with van der Waals surface area (Å²) in [6.07, 6.45) is 0.0648. The molecule has 0 aliphatic carbocycles. The Hall–Kier alpha value is -3.15. The fourth-order valence-electron chi connectivity index (χ4n) is 2.44. The minimum Gasteiger partial charge on any atom is -0.480 e. The van der Waals surface area contributed by atoms with Crippen molar-refractivity contribution in [3.05, 3.63) is 64.7 Å². The summed E-state index contributed by atoms with van der Waals surface area (Å²) in [4.78, 5) is 35.1. The van der Waals surface area contributed by atoms with Crippen molar-refractivity contribution in [3.8, 4) is 0 Å². The number of nitrogen functional groups attached to an aromatic ring is 1. The fourth-order valence-corrected chi connectivity index (χ4v) is 2.44. The maximum Gasteiger partial charge on any atom is 0.326 e. The fraction of sp³-hybridized carbons (Fsp3) is 0.211. The summed E-state index contributed by atoms with van der Waals surface area (Å²) in [5.41, 5.74) is 8.53. The zero-order valence-corrected chi connectivity index (χ0v) is 14.1. The molecule has 0 aromatic heterocycles. The molecule has 0 radical (unpaired) electrons. The molecule has 0 saturated carbocycles. The molecular weight excluding hydrogens is 320 g/mol. The number of nitrogens with two attached hydrogens (primary N) is 1. The number of nitrogens with one attached hydrogen (secondary N) is 1. The van der Waals surface area contributed by atoms with Crippen LogP contribution in [0.1, 0.15) is 38.8 Å². The highest BCUT2D eigenvalue weighted by atomic mass is 16.4. The van der Waals surface area contributed by atoms with Crippen LogP contribution in [0.15, 0.2) is 42.5 Å². The van der Waals surface area contributed by atoms with Crippen LogP contribution in [-0.2, 0) is 11.2 Å². The molecule has 0 fully saturated rings. The lowest BCUT2D eigenvalue weighted by Gasteiger charge is -2.15. The molecule has 1 unspecified atom stereocenters. The van der Waals surface area contributed by atoms with Gasteiger partial charge in [0.15, 0.2) is 5.78 Å². The zero-order chi connectivity index (χ0) is 18.6. The number of carbonyl (C=O) groups is 3. The van der Waals surface area contributed by atoms with Gasteiger partial charge >= 0.3 is 5.97 Å². The Kier molecular flexibility index (Phi) is 5.54. The third-order valence-corrected chi connectivity index (χ3v) is 3.85. The summed E-state index contributed by atoms with van der Waals surface area (Å²) in [5, 5.41) is 11.9. The van der Waals surface area contributed by atoms with Crippen LogP contribution in [-0.4, -0.2) is 28.8 Å². The van der Waals surface area contributed by atoms with Gasteiger partial charge in [0.1, 0.15) is 6.04 Å². The number of amides is 1. The topological polar surface area (TPSA) is 109 Å². The molecule has 1 atom stereocenters. The van der Waals surface area contributed by atoms with E-state index in [0.29, 0.717) is 22.4 Å². The van der Waals surface area contributed by atoms with Crippen LogP contribution in [0, 0.1) is 6.92 Å². The maximum atomic E-state index is 12.2. The first-order chi connectivity index (χ1) is 11.8. The largest absolute Gasteiger partial charge is 0.480 e. The van der Waals surface area contributed by atoms with Crippen LogP contribution in [0.25, 0.3) is 0 Å². The number of ketones is 1. The number of hydrogen-bond donors (Lipinski definition) is 3. The first kappa shape index (κ1) is 18.2. The van der Waals surface area contributed by atoms with Crippen molar-refractivity contribution < 1.29 is 19.5 Å². The van der Waals surface area contributed by atoms with Crippen molar-refractivity contribution in [2.24, 2.45) is 0 Å². The normalized spacial score (nSPS) is 11.6. The Morgan fingerprint density at radius 2 is 1.76 bits per heavy atom. The molecule has 0 spiro atoms. The van der Waals surface area contributed by atoms with Gasteiger partial charge in [-0.1, -0.05) is 23.8 Å². The van der Waals surface area contributed by atoms with Gasteiger partial charge in [-0.2, -0.15) is 0 Å². The number of benzene rings is 2. The average molecular weight is 340 g/mol. The van der Waals surface area contributed by atoms with Gasteiger partial charge in [0.25, 0.3) is 5.91 Å². The van der Waals surface area contributed by atoms with Crippen LogP contribution in [0.2, 0.25) is 0 Å². The van der Waals surface area contributed by atoms with E-state index >= 15 is 0 Å². The maximum absolute atomic E-state index is 12.2. The Morgan fingerprint density at radius 1 is 1.12 bits per heavy atom. The molecule has 6 nitrogen and oxygen atoms in total.